The Hall–Kier alpha value is -1.96. The lowest BCUT2D eigenvalue weighted by Crippen LogP contribution is -2.23. The minimum Gasteiger partial charge on any atom is -0.348 e. The van der Waals surface area contributed by atoms with Gasteiger partial charge in [-0.25, -0.2) is 4.98 Å². The lowest BCUT2D eigenvalue weighted by molar-refractivity contribution is -0.139. The molecule has 3 rings (SSSR count). The molecule has 1 aromatic heterocycles. The number of hydrogen-bond donors (Lipinski definition) is 1. The van der Waals surface area contributed by atoms with Crippen LogP contribution in [0.1, 0.15) is 33.0 Å². The van der Waals surface area contributed by atoms with Crippen LogP contribution >= 0.6 is 58.0 Å². The fraction of sp³-hybridized carbons (Fsp3) is 0.130. The number of aromatic nitrogens is 1. The quantitative estimate of drug-likeness (QED) is 0.239. The molecule has 2 aromatic carbocycles. The summed E-state index contributed by atoms with van der Waals surface area (Å²) in [5.41, 5.74) is 1.19. The minimum atomic E-state index is -4.60. The van der Waals surface area contributed by atoms with Crippen molar-refractivity contribution in [1.82, 2.24) is 10.3 Å². The molecule has 3 aromatic rings. The molecule has 1 atom stereocenters. The summed E-state index contributed by atoms with van der Waals surface area (Å²) in [6.07, 6.45) is -0.912. The molecule has 1 amide bonds. The summed E-state index contributed by atoms with van der Waals surface area (Å²) >= 11 is 29.7. The van der Waals surface area contributed by atoms with Gasteiger partial charge in [0.25, 0.3) is 5.91 Å². The smallest absolute Gasteiger partial charge is 0.348 e. The summed E-state index contributed by atoms with van der Waals surface area (Å²) < 4.78 is 41.1. The molecule has 0 radical (unpaired) electrons. The average molecular weight is 569 g/mol. The van der Waals surface area contributed by atoms with Crippen molar-refractivity contribution in [2.24, 2.45) is 0 Å². The van der Waals surface area contributed by atoms with E-state index in [9.17, 15) is 18.0 Å². The predicted octanol–water partition coefficient (Wildman–Crippen LogP) is 8.64. The Morgan fingerprint density at radius 3 is 2.24 bits per heavy atom. The van der Waals surface area contributed by atoms with E-state index in [-0.39, 0.29) is 43.3 Å². The second-order valence-corrected chi connectivity index (χ2v) is 9.06. The number of nitrogens with zero attached hydrogens (tertiary/aromatic N) is 1. The van der Waals surface area contributed by atoms with Crippen molar-refractivity contribution in [3.05, 3.63) is 102 Å². The van der Waals surface area contributed by atoms with Gasteiger partial charge in [0.1, 0.15) is 5.15 Å². The molecule has 1 unspecified atom stereocenters. The Balaban J connectivity index is 1.76. The van der Waals surface area contributed by atoms with E-state index in [1.165, 1.54) is 30.5 Å². The molecule has 0 aliphatic heterocycles. The zero-order valence-corrected chi connectivity index (χ0v) is 20.7. The highest BCUT2D eigenvalue weighted by molar-refractivity contribution is 6.48. The molecule has 178 valence electrons. The molecular formula is C23H14Cl5F3N2O. The fourth-order valence-corrected chi connectivity index (χ4v) is 4.05. The number of carbonyl (C=O) groups is 1. The summed E-state index contributed by atoms with van der Waals surface area (Å²) in [7, 11) is 0. The van der Waals surface area contributed by atoms with E-state index in [0.717, 1.165) is 18.2 Å². The normalized spacial score (nSPS) is 12.7. The number of hydrogen-bond acceptors (Lipinski definition) is 2. The summed E-state index contributed by atoms with van der Waals surface area (Å²) in [6, 6.07) is 9.89. The van der Waals surface area contributed by atoms with Gasteiger partial charge < -0.3 is 5.32 Å². The fourth-order valence-electron chi connectivity index (χ4n) is 3.00. The summed E-state index contributed by atoms with van der Waals surface area (Å²) in [4.78, 5) is 16.0. The van der Waals surface area contributed by atoms with Crippen molar-refractivity contribution in [1.29, 1.82) is 0 Å². The van der Waals surface area contributed by atoms with Crippen molar-refractivity contribution in [2.75, 3.05) is 0 Å². The van der Waals surface area contributed by atoms with Crippen LogP contribution in [0.15, 0.2) is 54.7 Å². The summed E-state index contributed by atoms with van der Waals surface area (Å²) in [5.74, 6) is -2.35. The number of nitrogens with one attached hydrogen (secondary N) is 1. The number of halogens is 8. The Kier molecular flexibility index (Phi) is 8.77. The first-order valence-corrected chi connectivity index (χ1v) is 11.4. The van der Waals surface area contributed by atoms with Gasteiger partial charge in [-0.3, -0.25) is 4.79 Å². The zero-order valence-electron chi connectivity index (χ0n) is 16.9. The molecule has 0 bridgehead atoms. The van der Waals surface area contributed by atoms with Crippen molar-refractivity contribution in [3.63, 3.8) is 0 Å². The third-order valence-electron chi connectivity index (χ3n) is 4.70. The molecular weight excluding hydrogens is 555 g/mol. The van der Waals surface area contributed by atoms with Crippen LogP contribution < -0.4 is 5.32 Å². The third-order valence-corrected chi connectivity index (χ3v) is 6.46. The van der Waals surface area contributed by atoms with E-state index in [1.807, 2.05) is 0 Å². The first-order chi connectivity index (χ1) is 16.0. The second kappa shape index (κ2) is 11.2. The Morgan fingerprint density at radius 2 is 1.65 bits per heavy atom. The topological polar surface area (TPSA) is 42.0 Å². The van der Waals surface area contributed by atoms with Gasteiger partial charge in [-0.1, -0.05) is 82.3 Å². The van der Waals surface area contributed by atoms with E-state index < -0.39 is 12.1 Å². The van der Waals surface area contributed by atoms with Gasteiger partial charge >= 0.3 is 6.18 Å². The highest BCUT2D eigenvalue weighted by Gasteiger charge is 2.39. The maximum absolute atomic E-state index is 13.7. The van der Waals surface area contributed by atoms with Crippen LogP contribution in [0.2, 0.25) is 25.2 Å². The van der Waals surface area contributed by atoms with Gasteiger partial charge in [-0.15, -0.1) is 0 Å². The van der Waals surface area contributed by atoms with Crippen LogP contribution in [0.5, 0.6) is 0 Å². The Bertz CT molecular complexity index is 1220. The molecule has 11 heteroatoms. The summed E-state index contributed by atoms with van der Waals surface area (Å²) in [5, 5.41) is 2.99. The van der Waals surface area contributed by atoms with Gasteiger partial charge in [-0.2, -0.15) is 13.2 Å². The average Bonchev–Trinajstić information content (AvgIpc) is 2.75. The number of alkyl halides is 3. The lowest BCUT2D eigenvalue weighted by atomic mass is 9.97. The van der Waals surface area contributed by atoms with Crippen LogP contribution in [0.3, 0.4) is 0 Å². The SMILES string of the molecule is O=C(NCc1ccc(/C=C/C(c2cc(Cl)c(Cl)c(Cl)c2)C(F)(F)F)cc1Cl)c1ccnc(Cl)c1. The first kappa shape index (κ1) is 26.6. The Labute approximate surface area is 218 Å². The van der Waals surface area contributed by atoms with Gasteiger partial charge in [-0.05, 0) is 47.0 Å². The number of amides is 1. The number of rotatable bonds is 6. The minimum absolute atomic E-state index is 0.0153. The van der Waals surface area contributed by atoms with Gasteiger partial charge in [0, 0.05) is 23.3 Å². The van der Waals surface area contributed by atoms with Gasteiger partial charge in [0.2, 0.25) is 0 Å². The maximum Gasteiger partial charge on any atom is 0.399 e. The standard InChI is InChI=1S/C23H14Cl5F3N2O/c24-17-7-12(1-3-14(17)11-33-22(34)13-5-6-32-20(27)10-13)2-4-16(23(29,30)31)15-8-18(25)21(28)19(26)9-15/h1-10,16H,11H2,(H,33,34)/b4-2+. The zero-order chi connectivity index (χ0) is 25.0. The molecule has 0 saturated carbocycles. The van der Waals surface area contributed by atoms with Crippen molar-refractivity contribution < 1.29 is 18.0 Å². The highest BCUT2D eigenvalue weighted by atomic mass is 35.5. The molecule has 3 nitrogen and oxygen atoms in total. The molecule has 0 spiro atoms. The van der Waals surface area contributed by atoms with E-state index in [2.05, 4.69) is 10.3 Å². The van der Waals surface area contributed by atoms with Gasteiger partial charge in [0.15, 0.2) is 0 Å². The van der Waals surface area contributed by atoms with Crippen molar-refractivity contribution >= 4 is 70.0 Å². The largest absolute Gasteiger partial charge is 0.399 e. The molecule has 34 heavy (non-hydrogen) atoms. The lowest BCUT2D eigenvalue weighted by Gasteiger charge is -2.18. The van der Waals surface area contributed by atoms with Crippen molar-refractivity contribution in [3.8, 4) is 0 Å². The van der Waals surface area contributed by atoms with E-state index >= 15 is 0 Å². The van der Waals surface area contributed by atoms with Crippen LogP contribution in [0, 0.1) is 0 Å². The van der Waals surface area contributed by atoms with E-state index in [1.54, 1.807) is 12.1 Å². The maximum atomic E-state index is 13.7. The second-order valence-electron chi connectivity index (χ2n) is 7.08. The molecule has 1 N–H and O–H groups in total. The van der Waals surface area contributed by atoms with Crippen LogP contribution in [0.25, 0.3) is 6.08 Å². The molecule has 0 saturated heterocycles. The van der Waals surface area contributed by atoms with Crippen LogP contribution in [-0.4, -0.2) is 17.1 Å². The van der Waals surface area contributed by atoms with Crippen LogP contribution in [0.4, 0.5) is 13.2 Å². The molecule has 0 fully saturated rings. The first-order valence-electron chi connectivity index (χ1n) is 9.53. The van der Waals surface area contributed by atoms with E-state index in [0.29, 0.717) is 16.7 Å². The number of benzene rings is 2. The van der Waals surface area contributed by atoms with Crippen molar-refractivity contribution in [2.45, 2.75) is 18.6 Å². The number of allylic oxidation sites excluding steroid dienone is 1. The monoisotopic (exact) mass is 566 g/mol. The number of pyridine rings is 1. The van der Waals surface area contributed by atoms with Gasteiger partial charge in [0.05, 0.1) is 21.0 Å². The summed E-state index contributed by atoms with van der Waals surface area (Å²) in [6.45, 7) is 0.106. The molecule has 1 heterocycles. The molecule has 0 aliphatic carbocycles. The third kappa shape index (κ3) is 6.80. The predicted molar refractivity (Wildman–Crippen MR) is 131 cm³/mol. The highest BCUT2D eigenvalue weighted by Crippen LogP contribution is 2.41. The molecule has 0 aliphatic rings. The number of carbonyl (C=O) groups excluding carboxylic acids is 1. The van der Waals surface area contributed by atoms with Crippen LogP contribution in [-0.2, 0) is 6.54 Å². The van der Waals surface area contributed by atoms with E-state index in [4.69, 9.17) is 58.0 Å². The Morgan fingerprint density at radius 1 is 0.971 bits per heavy atom.